The van der Waals surface area contributed by atoms with E-state index >= 15 is 0 Å². The van der Waals surface area contributed by atoms with E-state index in [4.69, 9.17) is 11.5 Å². The van der Waals surface area contributed by atoms with E-state index in [1.165, 1.54) is 6.07 Å². The normalized spacial score (nSPS) is 10.4. The van der Waals surface area contributed by atoms with Gasteiger partial charge in [0.15, 0.2) is 5.16 Å². The predicted octanol–water partition coefficient (Wildman–Crippen LogP) is 0.701. The fourth-order valence-electron chi connectivity index (χ4n) is 1.77. The van der Waals surface area contributed by atoms with Crippen LogP contribution in [0.2, 0.25) is 0 Å². The van der Waals surface area contributed by atoms with Crippen LogP contribution in [0.4, 0.5) is 5.82 Å². The number of amides is 1. The molecule has 0 fully saturated rings. The molecule has 0 saturated carbocycles. The van der Waals surface area contributed by atoms with Crippen LogP contribution in [0.15, 0.2) is 40.3 Å². The first-order valence-electron chi connectivity index (χ1n) is 5.85. The van der Waals surface area contributed by atoms with Gasteiger partial charge in [0.05, 0.1) is 11.4 Å². The highest BCUT2D eigenvalue weighted by Crippen LogP contribution is 2.24. The van der Waals surface area contributed by atoms with Crippen molar-refractivity contribution in [1.29, 1.82) is 0 Å². The van der Waals surface area contributed by atoms with Crippen LogP contribution in [0.1, 0.15) is 5.56 Å². The number of carbonyl (C=O) groups is 1. The molecule has 0 atom stereocenters. The minimum absolute atomic E-state index is 0.0295. The van der Waals surface area contributed by atoms with Gasteiger partial charge < -0.3 is 11.5 Å². The van der Waals surface area contributed by atoms with Gasteiger partial charge in [0.25, 0.3) is 5.56 Å². The van der Waals surface area contributed by atoms with Crippen molar-refractivity contribution in [2.75, 3.05) is 11.5 Å². The van der Waals surface area contributed by atoms with E-state index in [-0.39, 0.29) is 11.6 Å². The average molecular weight is 290 g/mol. The zero-order chi connectivity index (χ0) is 14.7. The molecule has 0 aliphatic carbocycles. The van der Waals surface area contributed by atoms with Crippen LogP contribution < -0.4 is 17.0 Å². The molecule has 0 spiro atoms. The van der Waals surface area contributed by atoms with Gasteiger partial charge in [-0.1, -0.05) is 30.0 Å². The molecule has 20 heavy (non-hydrogen) atoms. The van der Waals surface area contributed by atoms with Crippen molar-refractivity contribution in [2.24, 2.45) is 5.73 Å². The van der Waals surface area contributed by atoms with Crippen molar-refractivity contribution < 1.29 is 4.79 Å². The second kappa shape index (κ2) is 5.79. The summed E-state index contributed by atoms with van der Waals surface area (Å²) < 4.78 is 1.64. The number of nitrogens with zero attached hydrogens (tertiary/aromatic N) is 2. The molecule has 0 aliphatic rings. The largest absolute Gasteiger partial charge is 0.385 e. The van der Waals surface area contributed by atoms with E-state index in [0.29, 0.717) is 5.16 Å². The molecular formula is C13H14N4O2S. The van der Waals surface area contributed by atoms with Crippen LogP contribution >= 0.6 is 11.8 Å². The van der Waals surface area contributed by atoms with E-state index in [9.17, 15) is 9.59 Å². The van der Waals surface area contributed by atoms with E-state index in [2.05, 4.69) is 4.98 Å². The molecule has 6 nitrogen and oxygen atoms in total. The quantitative estimate of drug-likeness (QED) is 0.637. The zero-order valence-electron chi connectivity index (χ0n) is 10.9. The Hall–Kier alpha value is -2.28. The van der Waals surface area contributed by atoms with Gasteiger partial charge in [-0.15, -0.1) is 0 Å². The van der Waals surface area contributed by atoms with Gasteiger partial charge in [0.1, 0.15) is 5.82 Å². The molecule has 1 amide bonds. The lowest BCUT2D eigenvalue weighted by Crippen LogP contribution is -2.19. The smallest absolute Gasteiger partial charge is 0.275 e. The number of hydrogen-bond donors (Lipinski definition) is 2. The highest BCUT2D eigenvalue weighted by Gasteiger charge is 2.12. The molecule has 1 aromatic carbocycles. The lowest BCUT2D eigenvalue weighted by molar-refractivity contribution is -0.115. The summed E-state index contributed by atoms with van der Waals surface area (Å²) in [4.78, 5) is 26.3. The lowest BCUT2D eigenvalue weighted by Gasteiger charge is -2.16. The van der Waals surface area contributed by atoms with Crippen LogP contribution in [0.3, 0.4) is 0 Å². The Morgan fingerprint density at radius 3 is 2.75 bits per heavy atom. The van der Waals surface area contributed by atoms with Crippen LogP contribution in [-0.4, -0.2) is 21.2 Å². The summed E-state index contributed by atoms with van der Waals surface area (Å²) >= 11 is 1.08. The summed E-state index contributed by atoms with van der Waals surface area (Å²) in [6.07, 6.45) is 0. The maximum Gasteiger partial charge on any atom is 0.275 e. The third kappa shape index (κ3) is 3.00. The van der Waals surface area contributed by atoms with Gasteiger partial charge in [-0.2, -0.15) is 4.98 Å². The average Bonchev–Trinajstić information content (AvgIpc) is 2.37. The van der Waals surface area contributed by atoms with E-state index < -0.39 is 11.5 Å². The number of aryl methyl sites for hydroxylation is 1. The van der Waals surface area contributed by atoms with Crippen molar-refractivity contribution in [1.82, 2.24) is 9.55 Å². The fraction of sp³-hybridized carbons (Fsp3) is 0.154. The second-order valence-electron chi connectivity index (χ2n) is 4.18. The minimum Gasteiger partial charge on any atom is -0.385 e. The lowest BCUT2D eigenvalue weighted by atomic mass is 10.2. The van der Waals surface area contributed by atoms with Gasteiger partial charge >= 0.3 is 0 Å². The molecule has 0 unspecified atom stereocenters. The number of para-hydroxylation sites is 1. The first-order valence-corrected chi connectivity index (χ1v) is 6.84. The highest BCUT2D eigenvalue weighted by atomic mass is 32.2. The molecule has 0 bridgehead atoms. The number of primary amides is 1. The molecule has 4 N–H and O–H groups in total. The molecule has 7 heteroatoms. The maximum atomic E-state index is 11.5. The molecular weight excluding hydrogens is 276 g/mol. The molecule has 0 radical (unpaired) electrons. The van der Waals surface area contributed by atoms with Crippen LogP contribution in [0.25, 0.3) is 5.69 Å². The van der Waals surface area contributed by atoms with Gasteiger partial charge in [0, 0.05) is 6.07 Å². The number of benzene rings is 1. The summed E-state index contributed by atoms with van der Waals surface area (Å²) in [7, 11) is 0. The number of hydrogen-bond acceptors (Lipinski definition) is 5. The van der Waals surface area contributed by atoms with Gasteiger partial charge in [-0.3, -0.25) is 14.2 Å². The Bertz CT molecular complexity index is 712. The minimum atomic E-state index is -0.483. The summed E-state index contributed by atoms with van der Waals surface area (Å²) in [5.41, 5.74) is 12.4. The maximum absolute atomic E-state index is 11.5. The third-order valence-corrected chi connectivity index (χ3v) is 3.59. The number of aromatic nitrogens is 2. The molecule has 1 heterocycles. The first-order chi connectivity index (χ1) is 9.49. The van der Waals surface area contributed by atoms with Crippen molar-refractivity contribution in [2.45, 2.75) is 12.1 Å². The van der Waals surface area contributed by atoms with Crippen LogP contribution in [0.5, 0.6) is 0 Å². The van der Waals surface area contributed by atoms with Crippen LogP contribution in [-0.2, 0) is 4.79 Å². The molecule has 2 aromatic rings. The predicted molar refractivity (Wildman–Crippen MR) is 78.9 cm³/mol. The Balaban J connectivity index is 2.59. The molecule has 0 saturated heterocycles. The van der Waals surface area contributed by atoms with E-state index in [1.54, 1.807) is 4.57 Å². The van der Waals surface area contributed by atoms with Crippen LogP contribution in [0, 0.1) is 6.92 Å². The molecule has 2 rings (SSSR count). The monoisotopic (exact) mass is 290 g/mol. The van der Waals surface area contributed by atoms with Crippen molar-refractivity contribution >= 4 is 23.5 Å². The highest BCUT2D eigenvalue weighted by molar-refractivity contribution is 7.99. The van der Waals surface area contributed by atoms with Crippen molar-refractivity contribution in [3.05, 3.63) is 46.2 Å². The summed E-state index contributed by atoms with van der Waals surface area (Å²) in [6.45, 7) is 1.93. The summed E-state index contributed by atoms with van der Waals surface area (Å²) in [5, 5.41) is 0.350. The van der Waals surface area contributed by atoms with Gasteiger partial charge in [-0.05, 0) is 18.6 Å². The summed E-state index contributed by atoms with van der Waals surface area (Å²) in [5.74, 6) is -0.184. The number of nitrogen functional groups attached to an aromatic ring is 1. The SMILES string of the molecule is Cc1ccccc1-n1c(N)cc(=O)nc1SCC(N)=O. The Morgan fingerprint density at radius 2 is 2.10 bits per heavy atom. The second-order valence-corrected chi connectivity index (χ2v) is 5.12. The number of thioether (sulfide) groups is 1. The number of rotatable bonds is 4. The van der Waals surface area contributed by atoms with E-state index in [0.717, 1.165) is 23.0 Å². The molecule has 0 aliphatic heterocycles. The number of carbonyl (C=O) groups excluding carboxylic acids is 1. The number of anilines is 1. The topological polar surface area (TPSA) is 104 Å². The Kier molecular flexibility index (Phi) is 4.09. The first kappa shape index (κ1) is 14.1. The van der Waals surface area contributed by atoms with Crippen molar-refractivity contribution in [3.8, 4) is 5.69 Å². The molecule has 1 aromatic heterocycles. The van der Waals surface area contributed by atoms with Gasteiger partial charge in [-0.25, -0.2) is 0 Å². The van der Waals surface area contributed by atoms with E-state index in [1.807, 2.05) is 31.2 Å². The van der Waals surface area contributed by atoms with Crippen molar-refractivity contribution in [3.63, 3.8) is 0 Å². The Labute approximate surface area is 119 Å². The Morgan fingerprint density at radius 1 is 1.40 bits per heavy atom. The fourth-order valence-corrected chi connectivity index (χ4v) is 2.53. The number of nitrogens with two attached hydrogens (primary N) is 2. The molecule has 104 valence electrons. The zero-order valence-corrected chi connectivity index (χ0v) is 11.7. The third-order valence-electron chi connectivity index (χ3n) is 2.63. The standard InChI is InChI=1S/C13H14N4O2S/c1-8-4-2-3-5-9(8)17-10(14)6-12(19)16-13(17)20-7-11(15)18/h2-6H,7,14H2,1H3,(H2,15,18). The van der Waals surface area contributed by atoms with Gasteiger partial charge in [0.2, 0.25) is 5.91 Å². The summed E-state index contributed by atoms with van der Waals surface area (Å²) in [6, 6.07) is 8.81.